The third-order valence-electron chi connectivity index (χ3n) is 6.23. The molecule has 0 radical (unpaired) electrons. The Morgan fingerprint density at radius 3 is 2.63 bits per heavy atom. The molecule has 1 fully saturated rings. The van der Waals surface area contributed by atoms with Crippen LogP contribution in [0.4, 0.5) is 0 Å². The lowest BCUT2D eigenvalue weighted by molar-refractivity contribution is 0.0991. The maximum atomic E-state index is 10.6. The van der Waals surface area contributed by atoms with Gasteiger partial charge in [-0.05, 0) is 81.0 Å². The lowest BCUT2D eigenvalue weighted by atomic mass is 10.1. The fraction of sp³-hybridized carbons (Fsp3) is 0.393. The fourth-order valence-corrected chi connectivity index (χ4v) is 4.34. The highest BCUT2D eigenvalue weighted by Crippen LogP contribution is 2.35. The number of allylic oxidation sites excluding steroid dienone is 1. The Kier molecular flexibility index (Phi) is 8.50. The number of aliphatic hydroxyl groups is 1. The van der Waals surface area contributed by atoms with Crippen molar-refractivity contribution in [1.82, 2.24) is 14.7 Å². The lowest BCUT2D eigenvalue weighted by Crippen LogP contribution is -2.34. The van der Waals surface area contributed by atoms with E-state index in [-0.39, 0.29) is 0 Å². The Hall–Kier alpha value is -2.80. The van der Waals surface area contributed by atoms with E-state index in [1.807, 2.05) is 66.2 Å². The number of nitrogens with zero attached hydrogens (tertiary/aromatic N) is 3. The van der Waals surface area contributed by atoms with Gasteiger partial charge in [0.1, 0.15) is 11.5 Å². The van der Waals surface area contributed by atoms with E-state index in [9.17, 15) is 5.11 Å². The quantitative estimate of drug-likeness (QED) is 0.287. The van der Waals surface area contributed by atoms with E-state index in [4.69, 9.17) is 26.2 Å². The standard InChI is InChI=1S/C28H34ClN3O3/c1-4-5-9-24(33)18-31(17-21-10-11-21)19-27-20(2)30-32(23-8-6-7-22(29)16-23)28(27)35-26-14-12-25(34-3)13-15-26/h4,6-8,12-16,21,24,33H,1,5,9-11,17-19H2,2-3H3/t24-/m0/s1. The summed E-state index contributed by atoms with van der Waals surface area (Å²) in [6.07, 6.45) is 5.45. The SMILES string of the molecule is C=CCC[C@H](O)CN(Cc1c(C)nn(-c2cccc(Cl)c2)c1Oc1ccc(OC)cc1)CC1CC1. The molecule has 1 aromatic heterocycles. The van der Waals surface area contributed by atoms with Crippen molar-refractivity contribution < 1.29 is 14.6 Å². The summed E-state index contributed by atoms with van der Waals surface area (Å²) in [4.78, 5) is 2.33. The first kappa shape index (κ1) is 25.3. The maximum Gasteiger partial charge on any atom is 0.227 e. The van der Waals surface area contributed by atoms with Gasteiger partial charge in [-0.3, -0.25) is 4.90 Å². The minimum absolute atomic E-state index is 0.402. The molecule has 186 valence electrons. The molecule has 1 aliphatic carbocycles. The zero-order chi connectivity index (χ0) is 24.8. The van der Waals surface area contributed by atoms with Gasteiger partial charge in [0.15, 0.2) is 0 Å². The zero-order valence-corrected chi connectivity index (χ0v) is 21.2. The Bertz CT molecular complexity index is 1120. The van der Waals surface area contributed by atoms with E-state index in [2.05, 4.69) is 11.5 Å². The van der Waals surface area contributed by atoms with E-state index in [1.54, 1.807) is 7.11 Å². The van der Waals surface area contributed by atoms with Crippen LogP contribution in [0, 0.1) is 12.8 Å². The van der Waals surface area contributed by atoms with Gasteiger partial charge in [-0.25, -0.2) is 4.68 Å². The molecule has 2 aromatic carbocycles. The monoisotopic (exact) mass is 495 g/mol. The van der Waals surface area contributed by atoms with Gasteiger partial charge < -0.3 is 14.6 Å². The van der Waals surface area contributed by atoms with Crippen LogP contribution in [-0.4, -0.2) is 46.1 Å². The largest absolute Gasteiger partial charge is 0.497 e. The van der Waals surface area contributed by atoms with Gasteiger partial charge in [0.05, 0.1) is 30.2 Å². The Balaban J connectivity index is 1.67. The number of halogens is 1. The summed E-state index contributed by atoms with van der Waals surface area (Å²) in [5.41, 5.74) is 2.71. The normalized spacial score (nSPS) is 14.2. The van der Waals surface area contributed by atoms with E-state index < -0.39 is 6.10 Å². The number of benzene rings is 2. The molecular weight excluding hydrogens is 462 g/mol. The first-order valence-corrected chi connectivity index (χ1v) is 12.5. The molecule has 0 bridgehead atoms. The molecule has 1 aliphatic rings. The molecule has 4 rings (SSSR count). The number of aliphatic hydroxyl groups excluding tert-OH is 1. The highest BCUT2D eigenvalue weighted by molar-refractivity contribution is 6.30. The molecule has 1 saturated carbocycles. The van der Waals surface area contributed by atoms with E-state index >= 15 is 0 Å². The van der Waals surface area contributed by atoms with Crippen LogP contribution < -0.4 is 9.47 Å². The Labute approximate surface area is 212 Å². The van der Waals surface area contributed by atoms with Crippen molar-refractivity contribution in [2.24, 2.45) is 5.92 Å². The lowest BCUT2D eigenvalue weighted by Gasteiger charge is -2.25. The first-order valence-electron chi connectivity index (χ1n) is 12.1. The Morgan fingerprint density at radius 1 is 1.23 bits per heavy atom. The molecule has 1 N–H and O–H groups in total. The second kappa shape index (κ2) is 11.8. The van der Waals surface area contributed by atoms with Crippen molar-refractivity contribution >= 4 is 11.6 Å². The summed E-state index contributed by atoms with van der Waals surface area (Å²) in [5, 5.41) is 16.1. The summed E-state index contributed by atoms with van der Waals surface area (Å²) in [6.45, 7) is 7.98. The molecule has 0 aliphatic heterocycles. The average Bonchev–Trinajstić information content (AvgIpc) is 3.62. The van der Waals surface area contributed by atoms with Crippen LogP contribution in [0.5, 0.6) is 17.4 Å². The highest BCUT2D eigenvalue weighted by Gasteiger charge is 2.28. The van der Waals surface area contributed by atoms with E-state index in [0.29, 0.717) is 42.1 Å². The number of ether oxygens (including phenoxy) is 2. The highest BCUT2D eigenvalue weighted by atomic mass is 35.5. The van der Waals surface area contributed by atoms with Crippen molar-refractivity contribution in [3.05, 3.63) is 77.5 Å². The number of rotatable bonds is 13. The number of methoxy groups -OCH3 is 1. The minimum atomic E-state index is -0.402. The molecular formula is C28H34ClN3O3. The van der Waals surface area contributed by atoms with Crippen LogP contribution in [0.15, 0.2) is 61.2 Å². The summed E-state index contributed by atoms with van der Waals surface area (Å²) < 4.78 is 13.5. The van der Waals surface area contributed by atoms with Crippen molar-refractivity contribution in [2.75, 3.05) is 20.2 Å². The van der Waals surface area contributed by atoms with E-state index in [0.717, 1.165) is 35.7 Å². The van der Waals surface area contributed by atoms with Crippen molar-refractivity contribution in [1.29, 1.82) is 0 Å². The van der Waals surface area contributed by atoms with Crippen molar-refractivity contribution in [3.63, 3.8) is 0 Å². The van der Waals surface area contributed by atoms with Gasteiger partial charge in [0.25, 0.3) is 0 Å². The van der Waals surface area contributed by atoms with Gasteiger partial charge in [-0.2, -0.15) is 5.10 Å². The number of aryl methyl sites for hydroxylation is 1. The van der Waals surface area contributed by atoms with Gasteiger partial charge in [-0.1, -0.05) is 23.7 Å². The zero-order valence-electron chi connectivity index (χ0n) is 20.5. The molecule has 1 heterocycles. The molecule has 3 aromatic rings. The topological polar surface area (TPSA) is 59.8 Å². The smallest absolute Gasteiger partial charge is 0.227 e. The van der Waals surface area contributed by atoms with Gasteiger partial charge >= 0.3 is 0 Å². The Morgan fingerprint density at radius 2 is 1.97 bits per heavy atom. The summed E-state index contributed by atoms with van der Waals surface area (Å²) in [5.74, 6) is 2.79. The summed E-state index contributed by atoms with van der Waals surface area (Å²) >= 11 is 6.30. The molecule has 6 nitrogen and oxygen atoms in total. The molecule has 0 unspecified atom stereocenters. The number of hydrogen-bond donors (Lipinski definition) is 1. The second-order valence-electron chi connectivity index (χ2n) is 9.20. The average molecular weight is 496 g/mol. The fourth-order valence-electron chi connectivity index (χ4n) is 4.16. The van der Waals surface area contributed by atoms with Crippen LogP contribution in [0.1, 0.15) is 36.9 Å². The summed E-state index contributed by atoms with van der Waals surface area (Å²) in [7, 11) is 1.64. The number of aromatic nitrogens is 2. The molecule has 0 amide bonds. The second-order valence-corrected chi connectivity index (χ2v) is 9.63. The van der Waals surface area contributed by atoms with Crippen molar-refractivity contribution in [3.8, 4) is 23.1 Å². The van der Waals surface area contributed by atoms with Crippen LogP contribution in [0.3, 0.4) is 0 Å². The predicted molar refractivity (Wildman–Crippen MR) is 140 cm³/mol. The third kappa shape index (κ3) is 6.88. The van der Waals surface area contributed by atoms with Crippen LogP contribution in [0.25, 0.3) is 5.69 Å². The van der Waals surface area contributed by atoms with Crippen LogP contribution >= 0.6 is 11.6 Å². The summed E-state index contributed by atoms with van der Waals surface area (Å²) in [6, 6.07) is 15.1. The minimum Gasteiger partial charge on any atom is -0.497 e. The van der Waals surface area contributed by atoms with Crippen molar-refractivity contribution in [2.45, 2.75) is 45.3 Å². The number of hydrogen-bond acceptors (Lipinski definition) is 5. The molecule has 1 atom stereocenters. The predicted octanol–water partition coefficient (Wildman–Crippen LogP) is 6.17. The molecule has 7 heteroatoms. The first-order chi connectivity index (χ1) is 17.0. The molecule has 0 spiro atoms. The van der Waals surface area contributed by atoms with Gasteiger partial charge in [0, 0.05) is 24.7 Å². The van der Waals surface area contributed by atoms with Gasteiger partial charge in [-0.15, -0.1) is 6.58 Å². The van der Waals surface area contributed by atoms with Crippen LogP contribution in [-0.2, 0) is 6.54 Å². The molecule has 35 heavy (non-hydrogen) atoms. The molecule has 0 saturated heterocycles. The maximum absolute atomic E-state index is 10.6. The third-order valence-corrected chi connectivity index (χ3v) is 6.47. The van der Waals surface area contributed by atoms with E-state index in [1.165, 1.54) is 12.8 Å². The van der Waals surface area contributed by atoms with Crippen LogP contribution in [0.2, 0.25) is 5.02 Å². The van der Waals surface area contributed by atoms with Gasteiger partial charge in [0.2, 0.25) is 5.88 Å².